The fourth-order valence-electron chi connectivity index (χ4n) is 2.34. The third kappa shape index (κ3) is 3.63. The van der Waals surface area contributed by atoms with Crippen LogP contribution < -0.4 is 10.2 Å². The van der Waals surface area contributed by atoms with Crippen LogP contribution in [0.25, 0.3) is 0 Å². The van der Waals surface area contributed by atoms with Gasteiger partial charge in [0.2, 0.25) is 0 Å². The third-order valence-corrected chi connectivity index (χ3v) is 4.37. The number of nitro groups is 1. The minimum Gasteiger partial charge on any atom is -0.345 e. The Morgan fingerprint density at radius 2 is 2.47 bits per heavy atom. The maximum atomic E-state index is 10.7. The van der Waals surface area contributed by atoms with Gasteiger partial charge in [-0.05, 0) is 57.0 Å². The molecular weight excluding hydrogens is 264 g/mol. The molecular formula is C12H20N4O2S. The van der Waals surface area contributed by atoms with Crippen molar-refractivity contribution in [3.05, 3.63) is 16.3 Å². The molecule has 6 nitrogen and oxygen atoms in total. The molecule has 0 spiro atoms. The normalized spacial score (nSPS) is 19.6. The summed E-state index contributed by atoms with van der Waals surface area (Å²) in [6, 6.07) is 0.299. The van der Waals surface area contributed by atoms with Crippen LogP contribution in [0.5, 0.6) is 0 Å². The number of piperidine rings is 1. The lowest BCUT2D eigenvalue weighted by Crippen LogP contribution is -2.41. The Hall–Kier alpha value is -1.21. The first kappa shape index (κ1) is 14.2. The molecule has 1 fully saturated rings. The van der Waals surface area contributed by atoms with Crippen molar-refractivity contribution in [3.63, 3.8) is 0 Å². The lowest BCUT2D eigenvalue weighted by atomic mass is 9.99. The van der Waals surface area contributed by atoms with E-state index in [1.165, 1.54) is 19.0 Å². The fourth-order valence-corrected chi connectivity index (χ4v) is 3.22. The van der Waals surface area contributed by atoms with Crippen LogP contribution in [-0.4, -0.2) is 35.6 Å². The van der Waals surface area contributed by atoms with E-state index in [4.69, 9.17) is 0 Å². The van der Waals surface area contributed by atoms with Crippen molar-refractivity contribution in [1.29, 1.82) is 0 Å². The van der Waals surface area contributed by atoms with Crippen LogP contribution in [0.3, 0.4) is 0 Å². The van der Waals surface area contributed by atoms with Gasteiger partial charge in [0.25, 0.3) is 0 Å². The second-order valence-corrected chi connectivity index (χ2v) is 6.18. The number of anilines is 1. The van der Waals surface area contributed by atoms with Crippen LogP contribution in [0.2, 0.25) is 0 Å². The van der Waals surface area contributed by atoms with Gasteiger partial charge < -0.3 is 10.2 Å². The largest absolute Gasteiger partial charge is 0.345 e. The first-order valence-electron chi connectivity index (χ1n) is 6.65. The molecule has 106 valence electrons. The van der Waals surface area contributed by atoms with Gasteiger partial charge in [0.05, 0.1) is 4.92 Å². The summed E-state index contributed by atoms with van der Waals surface area (Å²) < 4.78 is 0. The average Bonchev–Trinajstić information content (AvgIpc) is 2.86. The molecule has 0 bridgehead atoms. The molecule has 1 N–H and O–H groups in total. The quantitative estimate of drug-likeness (QED) is 0.663. The van der Waals surface area contributed by atoms with Crippen LogP contribution in [0.15, 0.2) is 6.20 Å². The predicted molar refractivity (Wildman–Crippen MR) is 76.8 cm³/mol. The van der Waals surface area contributed by atoms with Gasteiger partial charge in [-0.1, -0.05) is 0 Å². The molecule has 1 aliphatic rings. The van der Waals surface area contributed by atoms with Gasteiger partial charge >= 0.3 is 5.00 Å². The number of nitrogens with zero attached hydrogens (tertiary/aromatic N) is 3. The highest BCUT2D eigenvalue weighted by molar-refractivity contribution is 7.18. The molecule has 1 aromatic heterocycles. The van der Waals surface area contributed by atoms with Gasteiger partial charge in [0, 0.05) is 12.6 Å². The summed E-state index contributed by atoms with van der Waals surface area (Å²) >= 11 is 1.16. The van der Waals surface area contributed by atoms with Crippen LogP contribution >= 0.6 is 11.3 Å². The van der Waals surface area contributed by atoms with E-state index in [2.05, 4.69) is 29.0 Å². The van der Waals surface area contributed by atoms with Crippen molar-refractivity contribution in [3.8, 4) is 0 Å². The molecule has 1 atom stereocenters. The van der Waals surface area contributed by atoms with Crippen molar-refractivity contribution < 1.29 is 4.92 Å². The fraction of sp³-hybridized carbons (Fsp3) is 0.750. The SMILES string of the molecule is CC(C)N(CC1CCCNC1)c1ncc([N+](=O)[O-])s1. The van der Waals surface area contributed by atoms with E-state index in [1.807, 2.05) is 0 Å². The van der Waals surface area contributed by atoms with Crippen LogP contribution in [0.1, 0.15) is 26.7 Å². The molecule has 1 saturated heterocycles. The van der Waals surface area contributed by atoms with Crippen molar-refractivity contribution >= 4 is 21.5 Å². The van der Waals surface area contributed by atoms with E-state index in [0.717, 1.165) is 36.1 Å². The van der Waals surface area contributed by atoms with Gasteiger partial charge in [-0.3, -0.25) is 10.1 Å². The molecule has 1 aliphatic heterocycles. The minimum atomic E-state index is -0.373. The summed E-state index contributed by atoms with van der Waals surface area (Å²) in [5.74, 6) is 0.596. The summed E-state index contributed by atoms with van der Waals surface area (Å²) in [6.07, 6.45) is 3.77. The lowest BCUT2D eigenvalue weighted by molar-refractivity contribution is -0.380. The zero-order valence-electron chi connectivity index (χ0n) is 11.3. The molecule has 1 unspecified atom stereocenters. The molecule has 0 aromatic carbocycles. The summed E-state index contributed by atoms with van der Waals surface area (Å²) in [5.41, 5.74) is 0. The number of rotatable bonds is 5. The molecule has 0 radical (unpaired) electrons. The summed E-state index contributed by atoms with van der Waals surface area (Å²) in [5, 5.41) is 15.0. The van der Waals surface area contributed by atoms with Crippen molar-refractivity contribution in [2.75, 3.05) is 24.5 Å². The van der Waals surface area contributed by atoms with Gasteiger partial charge in [-0.2, -0.15) is 0 Å². The lowest BCUT2D eigenvalue weighted by Gasteiger charge is -2.32. The van der Waals surface area contributed by atoms with Crippen molar-refractivity contribution in [2.24, 2.45) is 5.92 Å². The zero-order valence-corrected chi connectivity index (χ0v) is 12.2. The van der Waals surface area contributed by atoms with Gasteiger partial charge in [0.15, 0.2) is 5.13 Å². The molecule has 0 saturated carbocycles. The van der Waals surface area contributed by atoms with E-state index in [1.54, 1.807) is 0 Å². The predicted octanol–water partition coefficient (Wildman–Crippen LogP) is 2.27. The van der Waals surface area contributed by atoms with Crippen LogP contribution in [0, 0.1) is 16.0 Å². The number of hydrogen-bond acceptors (Lipinski definition) is 6. The summed E-state index contributed by atoms with van der Waals surface area (Å²) in [4.78, 5) is 16.8. The van der Waals surface area contributed by atoms with Gasteiger partial charge in [-0.25, -0.2) is 4.98 Å². The van der Waals surface area contributed by atoms with E-state index >= 15 is 0 Å². The average molecular weight is 284 g/mol. The molecule has 1 aromatic rings. The highest BCUT2D eigenvalue weighted by Gasteiger charge is 2.23. The monoisotopic (exact) mass is 284 g/mol. The van der Waals surface area contributed by atoms with E-state index in [9.17, 15) is 10.1 Å². The molecule has 2 rings (SSSR count). The topological polar surface area (TPSA) is 71.3 Å². The Kier molecular flexibility index (Phi) is 4.71. The standard InChI is InChI=1S/C12H20N4O2S/c1-9(2)15(8-10-4-3-5-13-6-10)12-14-7-11(19-12)16(17)18/h7,9-10,13H,3-6,8H2,1-2H3. The Morgan fingerprint density at radius 1 is 1.68 bits per heavy atom. The Labute approximate surface area is 117 Å². The molecule has 2 heterocycles. The number of nitrogens with one attached hydrogen (secondary N) is 1. The summed E-state index contributed by atoms with van der Waals surface area (Å²) in [7, 11) is 0. The summed E-state index contributed by atoms with van der Waals surface area (Å²) in [6.45, 7) is 7.24. The van der Waals surface area contributed by atoms with Crippen LogP contribution in [0.4, 0.5) is 10.1 Å². The number of aromatic nitrogens is 1. The molecule has 0 aliphatic carbocycles. The first-order valence-corrected chi connectivity index (χ1v) is 7.47. The second-order valence-electron chi connectivity index (χ2n) is 5.20. The van der Waals surface area contributed by atoms with Crippen molar-refractivity contribution in [2.45, 2.75) is 32.7 Å². The van der Waals surface area contributed by atoms with E-state index < -0.39 is 0 Å². The maximum Gasteiger partial charge on any atom is 0.345 e. The van der Waals surface area contributed by atoms with Gasteiger partial charge in [0.1, 0.15) is 6.20 Å². The van der Waals surface area contributed by atoms with Crippen LogP contribution in [-0.2, 0) is 0 Å². The number of thiazole rings is 1. The first-order chi connectivity index (χ1) is 9.08. The molecule has 0 amide bonds. The second kappa shape index (κ2) is 6.29. The third-order valence-electron chi connectivity index (χ3n) is 3.38. The van der Waals surface area contributed by atoms with Crippen molar-refractivity contribution in [1.82, 2.24) is 10.3 Å². The Bertz CT molecular complexity index is 429. The smallest absolute Gasteiger partial charge is 0.345 e. The van der Waals surface area contributed by atoms with E-state index in [-0.39, 0.29) is 9.92 Å². The highest BCUT2D eigenvalue weighted by atomic mass is 32.1. The van der Waals surface area contributed by atoms with E-state index in [0.29, 0.717) is 12.0 Å². The number of hydrogen-bond donors (Lipinski definition) is 1. The van der Waals surface area contributed by atoms with Gasteiger partial charge in [-0.15, -0.1) is 0 Å². The zero-order chi connectivity index (χ0) is 13.8. The maximum absolute atomic E-state index is 10.7. The molecule has 19 heavy (non-hydrogen) atoms. The molecule has 7 heteroatoms. The minimum absolute atomic E-state index is 0.113. The Balaban J connectivity index is 2.07. The highest BCUT2D eigenvalue weighted by Crippen LogP contribution is 2.30. The Morgan fingerprint density at radius 3 is 3.00 bits per heavy atom.